The molecule has 0 radical (unpaired) electrons. The molecule has 0 saturated heterocycles. The van der Waals surface area contributed by atoms with Crippen molar-refractivity contribution in [2.75, 3.05) is 6.54 Å². The van der Waals surface area contributed by atoms with Crippen molar-refractivity contribution in [2.45, 2.75) is 51.2 Å². The van der Waals surface area contributed by atoms with Gasteiger partial charge in [0.15, 0.2) is 0 Å². The molecule has 2 aromatic rings. The van der Waals surface area contributed by atoms with Crippen molar-refractivity contribution in [1.29, 1.82) is 0 Å². The maximum absolute atomic E-state index is 12.8. The molecule has 0 fully saturated rings. The summed E-state index contributed by atoms with van der Waals surface area (Å²) in [6, 6.07) is 10.0. The lowest BCUT2D eigenvalue weighted by Crippen LogP contribution is -2.36. The van der Waals surface area contributed by atoms with E-state index < -0.39 is 0 Å². The third kappa shape index (κ3) is 5.06. The molecule has 0 bridgehead atoms. The van der Waals surface area contributed by atoms with Crippen molar-refractivity contribution in [3.8, 4) is 0 Å². The Morgan fingerprint density at radius 3 is 2.58 bits per heavy atom. The second-order valence-corrected chi connectivity index (χ2v) is 7.44. The first kappa shape index (κ1) is 18.4. The molecule has 1 aromatic carbocycles. The highest BCUT2D eigenvalue weighted by Crippen LogP contribution is 2.23. The Balaban J connectivity index is 2.01. The van der Waals surface area contributed by atoms with Gasteiger partial charge in [-0.1, -0.05) is 55.9 Å². The van der Waals surface area contributed by atoms with E-state index in [1.165, 1.54) is 11.8 Å². The van der Waals surface area contributed by atoms with Crippen LogP contribution in [0.4, 0.5) is 0 Å². The normalized spacial score (nSPS) is 12.4. The minimum absolute atomic E-state index is 0.102. The first-order chi connectivity index (χ1) is 11.5. The molecule has 130 valence electrons. The number of carbonyl (C=O) groups is 1. The van der Waals surface area contributed by atoms with Gasteiger partial charge >= 0.3 is 0 Å². The zero-order valence-corrected chi connectivity index (χ0v) is 15.5. The van der Waals surface area contributed by atoms with Gasteiger partial charge in [0.25, 0.3) is 0 Å². The van der Waals surface area contributed by atoms with Crippen molar-refractivity contribution < 1.29 is 4.79 Å². The second-order valence-electron chi connectivity index (χ2n) is 6.14. The molecule has 0 spiro atoms. The summed E-state index contributed by atoms with van der Waals surface area (Å²) >= 11 is 1.42. The molecule has 1 heterocycles. The standard InChI is InChI=1S/C17H25N5OS/c1-5-21(12-15-9-7-6-8-10-15)16(23)14(4)24-17-18-19-20-22(17)11-13(2)3/h6-10,13-14H,5,11-12H2,1-4H3. The maximum Gasteiger partial charge on any atom is 0.236 e. The molecule has 1 unspecified atom stereocenters. The molecule has 0 aliphatic heterocycles. The van der Waals surface area contributed by atoms with Crippen LogP contribution in [0.3, 0.4) is 0 Å². The molecule has 2 rings (SSSR count). The van der Waals surface area contributed by atoms with Crippen LogP contribution >= 0.6 is 11.8 Å². The van der Waals surface area contributed by atoms with E-state index in [4.69, 9.17) is 0 Å². The number of thioether (sulfide) groups is 1. The van der Waals surface area contributed by atoms with Gasteiger partial charge in [0.2, 0.25) is 11.1 Å². The monoisotopic (exact) mass is 347 g/mol. The number of nitrogens with zero attached hydrogens (tertiary/aromatic N) is 5. The number of hydrogen-bond acceptors (Lipinski definition) is 5. The van der Waals surface area contributed by atoms with Crippen molar-refractivity contribution in [2.24, 2.45) is 5.92 Å². The van der Waals surface area contributed by atoms with Gasteiger partial charge in [-0.15, -0.1) is 5.10 Å². The number of tetrazole rings is 1. The average molecular weight is 347 g/mol. The third-order valence-corrected chi connectivity index (χ3v) is 4.64. The van der Waals surface area contributed by atoms with Crippen LogP contribution in [0.15, 0.2) is 35.5 Å². The Morgan fingerprint density at radius 2 is 1.96 bits per heavy atom. The number of carbonyl (C=O) groups excluding carboxylic acids is 1. The van der Waals surface area contributed by atoms with Gasteiger partial charge in [0.05, 0.1) is 5.25 Å². The lowest BCUT2D eigenvalue weighted by atomic mass is 10.2. The summed E-state index contributed by atoms with van der Waals surface area (Å²) in [4.78, 5) is 14.6. The Labute approximate surface area is 147 Å². The molecule has 0 N–H and O–H groups in total. The smallest absolute Gasteiger partial charge is 0.236 e. The van der Waals surface area contributed by atoms with Gasteiger partial charge in [0.1, 0.15) is 0 Å². The molecule has 0 aliphatic carbocycles. The third-order valence-electron chi connectivity index (χ3n) is 3.58. The van der Waals surface area contributed by atoms with E-state index in [9.17, 15) is 4.79 Å². The number of aromatic nitrogens is 4. The van der Waals surface area contributed by atoms with Gasteiger partial charge in [-0.2, -0.15) is 0 Å². The van der Waals surface area contributed by atoms with Crippen LogP contribution in [-0.2, 0) is 17.9 Å². The van der Waals surface area contributed by atoms with Crippen LogP contribution in [0.2, 0.25) is 0 Å². The van der Waals surface area contributed by atoms with Crippen LogP contribution < -0.4 is 0 Å². The van der Waals surface area contributed by atoms with Crippen LogP contribution in [0.1, 0.15) is 33.3 Å². The molecule has 1 aromatic heterocycles. The summed E-state index contributed by atoms with van der Waals surface area (Å²) in [7, 11) is 0. The van der Waals surface area contributed by atoms with E-state index in [0.29, 0.717) is 24.2 Å². The van der Waals surface area contributed by atoms with Gasteiger partial charge < -0.3 is 4.90 Å². The molecule has 24 heavy (non-hydrogen) atoms. The zero-order valence-electron chi connectivity index (χ0n) is 14.7. The summed E-state index contributed by atoms with van der Waals surface area (Å²) in [6.45, 7) is 10.2. The second kappa shape index (κ2) is 8.82. The van der Waals surface area contributed by atoms with E-state index in [-0.39, 0.29) is 11.2 Å². The molecule has 1 amide bonds. The number of amides is 1. The molecule has 7 heteroatoms. The fourth-order valence-electron chi connectivity index (χ4n) is 2.36. The van der Waals surface area contributed by atoms with Crippen molar-refractivity contribution >= 4 is 17.7 Å². The Kier molecular flexibility index (Phi) is 6.78. The van der Waals surface area contributed by atoms with Crippen LogP contribution in [0.5, 0.6) is 0 Å². The Bertz CT molecular complexity index is 643. The van der Waals surface area contributed by atoms with Crippen molar-refractivity contribution in [1.82, 2.24) is 25.1 Å². The molecular formula is C17H25N5OS. The number of benzene rings is 1. The number of hydrogen-bond donors (Lipinski definition) is 0. The van der Waals surface area contributed by atoms with Crippen molar-refractivity contribution in [3.63, 3.8) is 0 Å². The van der Waals surface area contributed by atoms with E-state index in [2.05, 4.69) is 29.4 Å². The van der Waals surface area contributed by atoms with E-state index >= 15 is 0 Å². The predicted molar refractivity (Wildman–Crippen MR) is 95.5 cm³/mol. The summed E-state index contributed by atoms with van der Waals surface area (Å²) in [5, 5.41) is 12.3. The van der Waals surface area contributed by atoms with E-state index in [1.807, 2.05) is 49.1 Å². The summed E-state index contributed by atoms with van der Waals surface area (Å²) in [6.07, 6.45) is 0. The first-order valence-corrected chi connectivity index (χ1v) is 9.14. The van der Waals surface area contributed by atoms with Gasteiger partial charge in [-0.3, -0.25) is 4.79 Å². The highest BCUT2D eigenvalue weighted by molar-refractivity contribution is 8.00. The largest absolute Gasteiger partial charge is 0.338 e. The fraction of sp³-hybridized carbons (Fsp3) is 0.529. The minimum atomic E-state index is -0.231. The van der Waals surface area contributed by atoms with Crippen LogP contribution in [0.25, 0.3) is 0 Å². The van der Waals surface area contributed by atoms with Gasteiger partial charge in [-0.05, 0) is 35.8 Å². The van der Waals surface area contributed by atoms with Crippen molar-refractivity contribution in [3.05, 3.63) is 35.9 Å². The Hall–Kier alpha value is -1.89. The first-order valence-electron chi connectivity index (χ1n) is 8.26. The number of rotatable bonds is 8. The highest BCUT2D eigenvalue weighted by Gasteiger charge is 2.23. The van der Waals surface area contributed by atoms with Crippen LogP contribution in [-0.4, -0.2) is 42.8 Å². The van der Waals surface area contributed by atoms with Crippen LogP contribution in [0, 0.1) is 5.92 Å². The summed E-state index contributed by atoms with van der Waals surface area (Å²) in [5.41, 5.74) is 1.13. The zero-order chi connectivity index (χ0) is 17.5. The molecule has 1 atom stereocenters. The fourth-order valence-corrected chi connectivity index (χ4v) is 3.24. The molecule has 6 nitrogen and oxygen atoms in total. The molecule has 0 saturated carbocycles. The average Bonchev–Trinajstić information content (AvgIpc) is 2.99. The lowest BCUT2D eigenvalue weighted by Gasteiger charge is -2.24. The van der Waals surface area contributed by atoms with Gasteiger partial charge in [0, 0.05) is 19.6 Å². The summed E-state index contributed by atoms with van der Waals surface area (Å²) < 4.78 is 1.77. The maximum atomic E-state index is 12.8. The van der Waals surface area contributed by atoms with E-state index in [1.54, 1.807) is 4.68 Å². The molecular weight excluding hydrogens is 322 g/mol. The predicted octanol–water partition coefficient (Wildman–Crippen LogP) is 2.86. The van der Waals surface area contributed by atoms with E-state index in [0.717, 1.165) is 12.1 Å². The highest BCUT2D eigenvalue weighted by atomic mass is 32.2. The van der Waals surface area contributed by atoms with Gasteiger partial charge in [-0.25, -0.2) is 4.68 Å². The SMILES string of the molecule is CCN(Cc1ccccc1)C(=O)C(C)Sc1nnnn1CC(C)C. The lowest BCUT2D eigenvalue weighted by molar-refractivity contribution is -0.130. The quantitative estimate of drug-likeness (QED) is 0.687. The summed E-state index contributed by atoms with van der Waals surface area (Å²) in [5.74, 6) is 0.550. The minimum Gasteiger partial charge on any atom is -0.338 e. The Morgan fingerprint density at radius 1 is 1.25 bits per heavy atom. The molecule has 0 aliphatic rings. The topological polar surface area (TPSA) is 63.9 Å².